The summed E-state index contributed by atoms with van der Waals surface area (Å²) in [5.41, 5.74) is 6.97. The Morgan fingerprint density at radius 1 is 1.63 bits per heavy atom. The molecular weight excluding hydrogens is 256 g/mol. The number of nitrogens with one attached hydrogen (secondary N) is 1. The zero-order valence-corrected chi connectivity index (χ0v) is 12.7. The van der Waals surface area contributed by atoms with Crippen molar-refractivity contribution in [3.8, 4) is 0 Å². The van der Waals surface area contributed by atoms with Crippen LogP contribution in [0.15, 0.2) is 11.4 Å². The molecule has 0 radical (unpaired) electrons. The average Bonchev–Trinajstić information content (AvgIpc) is 2.83. The second-order valence-corrected chi connectivity index (χ2v) is 6.76. The summed E-state index contributed by atoms with van der Waals surface area (Å²) in [6, 6.07) is 2.13. The summed E-state index contributed by atoms with van der Waals surface area (Å²) in [7, 11) is 0. The van der Waals surface area contributed by atoms with E-state index in [1.54, 1.807) is 11.3 Å². The van der Waals surface area contributed by atoms with Gasteiger partial charge in [0.15, 0.2) is 0 Å². The van der Waals surface area contributed by atoms with Gasteiger partial charge in [-0.25, -0.2) is 0 Å². The van der Waals surface area contributed by atoms with E-state index >= 15 is 0 Å². The third kappa shape index (κ3) is 3.37. The predicted octanol–water partition coefficient (Wildman–Crippen LogP) is 2.83. The maximum absolute atomic E-state index is 12.3. The lowest BCUT2D eigenvalue weighted by Crippen LogP contribution is -2.56. The lowest BCUT2D eigenvalue weighted by Gasteiger charge is -2.35. The van der Waals surface area contributed by atoms with Gasteiger partial charge in [-0.2, -0.15) is 0 Å². The van der Waals surface area contributed by atoms with Gasteiger partial charge < -0.3 is 11.1 Å². The highest BCUT2D eigenvalue weighted by Crippen LogP contribution is 2.30. The molecule has 4 heteroatoms. The van der Waals surface area contributed by atoms with E-state index < -0.39 is 5.54 Å². The summed E-state index contributed by atoms with van der Waals surface area (Å²) in [5, 5.41) is 5.12. The number of carbonyl (C=O) groups excluding carboxylic acids is 1. The van der Waals surface area contributed by atoms with E-state index in [1.165, 1.54) is 16.9 Å². The van der Waals surface area contributed by atoms with Crippen LogP contribution in [-0.4, -0.2) is 11.4 Å². The van der Waals surface area contributed by atoms with Crippen molar-refractivity contribution in [2.75, 3.05) is 0 Å². The molecule has 3 nitrogen and oxygen atoms in total. The highest BCUT2D eigenvalue weighted by Gasteiger charge is 2.37. The zero-order chi connectivity index (χ0) is 13.9. The number of thiophene rings is 1. The SMILES string of the molecule is CCc1ccsc1CNC(=O)C1(N)CCCC(C)C1. The van der Waals surface area contributed by atoms with Crippen LogP contribution in [0.2, 0.25) is 0 Å². The Hall–Kier alpha value is -0.870. The minimum atomic E-state index is -0.651. The molecule has 2 rings (SSSR count). The van der Waals surface area contributed by atoms with Crippen molar-refractivity contribution in [2.24, 2.45) is 11.7 Å². The van der Waals surface area contributed by atoms with Crippen molar-refractivity contribution in [1.29, 1.82) is 0 Å². The van der Waals surface area contributed by atoms with E-state index in [4.69, 9.17) is 5.73 Å². The molecule has 0 aromatic carbocycles. The highest BCUT2D eigenvalue weighted by molar-refractivity contribution is 7.10. The molecule has 0 saturated heterocycles. The second kappa shape index (κ2) is 6.06. The fraction of sp³-hybridized carbons (Fsp3) is 0.667. The first-order valence-electron chi connectivity index (χ1n) is 7.17. The Bertz CT molecular complexity index is 443. The fourth-order valence-electron chi connectivity index (χ4n) is 2.97. The Morgan fingerprint density at radius 3 is 3.11 bits per heavy atom. The summed E-state index contributed by atoms with van der Waals surface area (Å²) in [5.74, 6) is 0.576. The average molecular weight is 280 g/mol. The van der Waals surface area contributed by atoms with Crippen molar-refractivity contribution in [2.45, 2.75) is 58.0 Å². The van der Waals surface area contributed by atoms with E-state index in [1.807, 2.05) is 0 Å². The number of amides is 1. The van der Waals surface area contributed by atoms with Gasteiger partial charge in [0.25, 0.3) is 0 Å². The standard InChI is InChI=1S/C15H24N2OS/c1-3-12-6-8-19-13(12)10-17-14(18)15(16)7-4-5-11(2)9-15/h6,8,11H,3-5,7,9-10,16H2,1-2H3,(H,17,18). The molecule has 1 aliphatic carbocycles. The molecule has 3 N–H and O–H groups in total. The predicted molar refractivity (Wildman–Crippen MR) is 80.1 cm³/mol. The quantitative estimate of drug-likeness (QED) is 0.891. The van der Waals surface area contributed by atoms with Gasteiger partial charge in [-0.1, -0.05) is 26.7 Å². The van der Waals surface area contributed by atoms with Crippen LogP contribution in [0.5, 0.6) is 0 Å². The van der Waals surface area contributed by atoms with Gasteiger partial charge in [0.05, 0.1) is 12.1 Å². The molecule has 1 amide bonds. The minimum Gasteiger partial charge on any atom is -0.350 e. The van der Waals surface area contributed by atoms with Gasteiger partial charge in [-0.05, 0) is 42.2 Å². The van der Waals surface area contributed by atoms with Crippen LogP contribution in [0.4, 0.5) is 0 Å². The Morgan fingerprint density at radius 2 is 2.42 bits per heavy atom. The van der Waals surface area contributed by atoms with E-state index in [2.05, 4.69) is 30.6 Å². The molecule has 0 spiro atoms. The van der Waals surface area contributed by atoms with Crippen molar-refractivity contribution in [3.05, 3.63) is 21.9 Å². The molecule has 0 bridgehead atoms. The molecule has 19 heavy (non-hydrogen) atoms. The first kappa shape index (κ1) is 14.5. The van der Waals surface area contributed by atoms with Crippen LogP contribution < -0.4 is 11.1 Å². The van der Waals surface area contributed by atoms with Crippen LogP contribution in [0.25, 0.3) is 0 Å². The molecule has 1 heterocycles. The summed E-state index contributed by atoms with van der Waals surface area (Å²) in [4.78, 5) is 13.6. The summed E-state index contributed by atoms with van der Waals surface area (Å²) >= 11 is 1.71. The third-order valence-electron chi connectivity index (χ3n) is 4.11. The molecular formula is C15H24N2OS. The fourth-order valence-corrected chi connectivity index (χ4v) is 3.89. The summed E-state index contributed by atoms with van der Waals surface area (Å²) in [6.07, 6.45) is 4.89. The third-order valence-corrected chi connectivity index (χ3v) is 5.08. The van der Waals surface area contributed by atoms with Gasteiger partial charge >= 0.3 is 0 Å². The first-order chi connectivity index (χ1) is 9.05. The van der Waals surface area contributed by atoms with E-state index in [0.29, 0.717) is 12.5 Å². The van der Waals surface area contributed by atoms with Crippen LogP contribution in [0, 0.1) is 5.92 Å². The van der Waals surface area contributed by atoms with Crippen molar-refractivity contribution in [1.82, 2.24) is 5.32 Å². The van der Waals surface area contributed by atoms with Gasteiger partial charge in [0, 0.05) is 4.88 Å². The molecule has 1 aromatic rings. The monoisotopic (exact) mass is 280 g/mol. The number of rotatable bonds is 4. The van der Waals surface area contributed by atoms with E-state index in [-0.39, 0.29) is 5.91 Å². The van der Waals surface area contributed by atoms with E-state index in [0.717, 1.165) is 25.7 Å². The normalized spacial score (nSPS) is 27.2. The first-order valence-corrected chi connectivity index (χ1v) is 8.05. The molecule has 106 valence electrons. The van der Waals surface area contributed by atoms with Crippen molar-refractivity contribution >= 4 is 17.2 Å². The van der Waals surface area contributed by atoms with E-state index in [9.17, 15) is 4.79 Å². The van der Waals surface area contributed by atoms with Crippen LogP contribution in [-0.2, 0) is 17.8 Å². The molecule has 1 aliphatic rings. The number of nitrogens with two attached hydrogens (primary N) is 1. The van der Waals surface area contributed by atoms with Crippen molar-refractivity contribution < 1.29 is 4.79 Å². The Labute approximate surface area is 119 Å². The molecule has 1 aromatic heterocycles. The minimum absolute atomic E-state index is 0.0227. The second-order valence-electron chi connectivity index (χ2n) is 5.76. The van der Waals surface area contributed by atoms with Gasteiger partial charge in [0.2, 0.25) is 5.91 Å². The summed E-state index contributed by atoms with van der Waals surface area (Å²) in [6.45, 7) is 4.94. The van der Waals surface area contributed by atoms with Gasteiger partial charge in [0.1, 0.15) is 0 Å². The lowest BCUT2D eigenvalue weighted by atomic mass is 9.76. The molecule has 2 unspecified atom stereocenters. The molecule has 2 atom stereocenters. The Balaban J connectivity index is 1.94. The van der Waals surface area contributed by atoms with Crippen LogP contribution in [0.3, 0.4) is 0 Å². The number of carbonyl (C=O) groups is 1. The Kier molecular flexibility index (Phi) is 4.63. The maximum Gasteiger partial charge on any atom is 0.240 e. The lowest BCUT2D eigenvalue weighted by molar-refractivity contribution is -0.128. The molecule has 1 saturated carbocycles. The van der Waals surface area contributed by atoms with Crippen LogP contribution >= 0.6 is 11.3 Å². The van der Waals surface area contributed by atoms with Crippen molar-refractivity contribution in [3.63, 3.8) is 0 Å². The smallest absolute Gasteiger partial charge is 0.240 e. The van der Waals surface area contributed by atoms with Gasteiger partial charge in [-0.3, -0.25) is 4.79 Å². The molecule has 0 aliphatic heterocycles. The zero-order valence-electron chi connectivity index (χ0n) is 11.9. The largest absolute Gasteiger partial charge is 0.350 e. The topological polar surface area (TPSA) is 55.1 Å². The molecule has 1 fully saturated rings. The van der Waals surface area contributed by atoms with Gasteiger partial charge in [-0.15, -0.1) is 11.3 Å². The highest BCUT2D eigenvalue weighted by atomic mass is 32.1. The van der Waals surface area contributed by atoms with Crippen LogP contribution in [0.1, 0.15) is 50.0 Å². The number of aryl methyl sites for hydroxylation is 1. The maximum atomic E-state index is 12.3. The number of hydrogen-bond donors (Lipinski definition) is 2. The number of hydrogen-bond acceptors (Lipinski definition) is 3. The summed E-state index contributed by atoms with van der Waals surface area (Å²) < 4.78 is 0.